The minimum absolute atomic E-state index is 0.0272. The first-order chi connectivity index (χ1) is 12.0. The second kappa shape index (κ2) is 6.26. The van der Waals surface area contributed by atoms with Gasteiger partial charge in [0.2, 0.25) is 11.8 Å². The summed E-state index contributed by atoms with van der Waals surface area (Å²) in [5.74, 6) is 0.502. The summed E-state index contributed by atoms with van der Waals surface area (Å²) in [5.41, 5.74) is 4.19. The lowest BCUT2D eigenvalue weighted by Crippen LogP contribution is -2.36. The zero-order chi connectivity index (χ0) is 17.6. The Balaban J connectivity index is 1.63. The molecule has 2 amide bonds. The van der Waals surface area contributed by atoms with Crippen LogP contribution in [0.1, 0.15) is 31.7 Å². The molecular weight excluding hydrogens is 334 g/mol. The zero-order valence-electron chi connectivity index (χ0n) is 14.5. The molecule has 0 radical (unpaired) electrons. The first kappa shape index (κ1) is 16.3. The quantitative estimate of drug-likeness (QED) is 0.847. The molecule has 0 unspecified atom stereocenters. The Hall–Kier alpha value is -2.21. The maximum atomic E-state index is 12.5. The van der Waals surface area contributed by atoms with Crippen LogP contribution < -0.4 is 9.80 Å². The van der Waals surface area contributed by atoms with Crippen molar-refractivity contribution in [3.05, 3.63) is 29.1 Å². The molecule has 6 heteroatoms. The van der Waals surface area contributed by atoms with E-state index in [2.05, 4.69) is 17.1 Å². The van der Waals surface area contributed by atoms with Crippen molar-refractivity contribution in [1.29, 1.82) is 0 Å². The summed E-state index contributed by atoms with van der Waals surface area (Å²) < 4.78 is 0. The third kappa shape index (κ3) is 3.06. The number of fused-ring (bicyclic) bond motifs is 1. The van der Waals surface area contributed by atoms with Crippen LogP contribution in [0.5, 0.6) is 0 Å². The number of carbonyl (C=O) groups excluding carboxylic acids is 2. The summed E-state index contributed by atoms with van der Waals surface area (Å²) in [6, 6.07) is 6.23. The van der Waals surface area contributed by atoms with E-state index in [0.717, 1.165) is 49.2 Å². The van der Waals surface area contributed by atoms with E-state index >= 15 is 0 Å². The van der Waals surface area contributed by atoms with Gasteiger partial charge in [-0.3, -0.25) is 14.5 Å². The predicted molar refractivity (Wildman–Crippen MR) is 100 cm³/mol. The van der Waals surface area contributed by atoms with Crippen LogP contribution in [-0.2, 0) is 16.0 Å². The van der Waals surface area contributed by atoms with Crippen LogP contribution in [0.25, 0.3) is 11.3 Å². The monoisotopic (exact) mass is 355 g/mol. The van der Waals surface area contributed by atoms with E-state index in [1.54, 1.807) is 11.9 Å². The topological polar surface area (TPSA) is 53.5 Å². The summed E-state index contributed by atoms with van der Waals surface area (Å²) >= 11 is 1.47. The number of carbonyl (C=O) groups is 2. The van der Waals surface area contributed by atoms with Crippen LogP contribution in [0.2, 0.25) is 0 Å². The molecular formula is C19H21N3O2S. The van der Waals surface area contributed by atoms with Gasteiger partial charge in [0.25, 0.3) is 0 Å². The minimum Gasteiger partial charge on any atom is -0.312 e. The van der Waals surface area contributed by atoms with Crippen molar-refractivity contribution in [3.63, 3.8) is 0 Å². The largest absolute Gasteiger partial charge is 0.312 e. The van der Waals surface area contributed by atoms with Crippen molar-refractivity contribution < 1.29 is 9.59 Å². The molecule has 0 N–H and O–H groups in total. The molecule has 0 saturated heterocycles. The van der Waals surface area contributed by atoms with Gasteiger partial charge >= 0.3 is 0 Å². The van der Waals surface area contributed by atoms with E-state index in [1.807, 2.05) is 16.3 Å². The Morgan fingerprint density at radius 3 is 2.84 bits per heavy atom. The van der Waals surface area contributed by atoms with E-state index in [4.69, 9.17) is 0 Å². The lowest BCUT2D eigenvalue weighted by atomic mass is 9.98. The maximum absolute atomic E-state index is 12.5. The molecule has 4 rings (SSSR count). The van der Waals surface area contributed by atoms with Crippen molar-refractivity contribution in [3.8, 4) is 11.3 Å². The van der Waals surface area contributed by atoms with Gasteiger partial charge < -0.3 is 4.90 Å². The molecule has 1 aromatic carbocycles. The third-order valence-electron chi connectivity index (χ3n) is 4.94. The molecule has 0 bridgehead atoms. The second-order valence-electron chi connectivity index (χ2n) is 6.80. The fraction of sp³-hybridized carbons (Fsp3) is 0.421. The van der Waals surface area contributed by atoms with Gasteiger partial charge in [-0.1, -0.05) is 6.07 Å². The molecule has 1 aliphatic carbocycles. The van der Waals surface area contributed by atoms with Gasteiger partial charge in [0.05, 0.1) is 5.69 Å². The lowest BCUT2D eigenvalue weighted by molar-refractivity contribution is -0.120. The first-order valence-electron chi connectivity index (χ1n) is 8.69. The van der Waals surface area contributed by atoms with Crippen LogP contribution >= 0.6 is 11.3 Å². The molecule has 5 nitrogen and oxygen atoms in total. The predicted octanol–water partition coefficient (Wildman–Crippen LogP) is 3.48. The Kier molecular flexibility index (Phi) is 4.07. The van der Waals surface area contributed by atoms with Gasteiger partial charge in [-0.15, -0.1) is 11.3 Å². The number of aromatic nitrogens is 1. The van der Waals surface area contributed by atoms with Crippen LogP contribution in [-0.4, -0.2) is 30.4 Å². The zero-order valence-corrected chi connectivity index (χ0v) is 15.3. The van der Waals surface area contributed by atoms with Crippen LogP contribution in [0.3, 0.4) is 0 Å². The highest BCUT2D eigenvalue weighted by atomic mass is 32.1. The Morgan fingerprint density at radius 2 is 2.12 bits per heavy atom. The van der Waals surface area contributed by atoms with Crippen molar-refractivity contribution >= 4 is 34.0 Å². The molecule has 1 saturated carbocycles. The Bertz CT molecular complexity index is 841. The summed E-state index contributed by atoms with van der Waals surface area (Å²) in [4.78, 5) is 32.1. The van der Waals surface area contributed by atoms with Crippen LogP contribution in [0, 0.1) is 5.92 Å². The summed E-state index contributed by atoms with van der Waals surface area (Å²) in [6.07, 6.45) is 4.06. The SMILES string of the molecule is CC(=O)N(C)c1nc(-c2ccc3c(c2)CCCN3C(=O)C2CC2)cs1. The highest BCUT2D eigenvalue weighted by molar-refractivity contribution is 7.14. The fourth-order valence-electron chi connectivity index (χ4n) is 3.22. The average Bonchev–Trinajstić information content (AvgIpc) is 3.36. The highest BCUT2D eigenvalue weighted by Gasteiger charge is 2.35. The molecule has 1 aliphatic heterocycles. The van der Waals surface area contributed by atoms with Crippen LogP contribution in [0.15, 0.2) is 23.6 Å². The van der Waals surface area contributed by atoms with Crippen LogP contribution in [0.4, 0.5) is 10.8 Å². The standard InChI is InChI=1S/C19H21N3O2S/c1-12(23)21(2)19-20-16(11-25-19)14-7-8-17-15(10-14)4-3-9-22(17)18(24)13-5-6-13/h7-8,10-11,13H,3-6,9H2,1-2H3. The molecule has 130 valence electrons. The van der Waals surface area contributed by atoms with Crippen molar-refractivity contribution in [2.24, 2.45) is 5.92 Å². The molecule has 0 atom stereocenters. The number of hydrogen-bond acceptors (Lipinski definition) is 4. The highest BCUT2D eigenvalue weighted by Crippen LogP contribution is 2.37. The van der Waals surface area contributed by atoms with Crippen molar-refractivity contribution in [1.82, 2.24) is 4.98 Å². The minimum atomic E-state index is -0.0272. The number of thiazole rings is 1. The van der Waals surface area contributed by atoms with Gasteiger partial charge in [-0.2, -0.15) is 0 Å². The fourth-order valence-corrected chi connectivity index (χ4v) is 4.07. The van der Waals surface area contributed by atoms with E-state index in [0.29, 0.717) is 5.13 Å². The number of anilines is 2. The molecule has 2 heterocycles. The van der Waals surface area contributed by atoms with Gasteiger partial charge in [-0.05, 0) is 43.4 Å². The Labute approximate surface area is 151 Å². The third-order valence-corrected chi connectivity index (χ3v) is 5.85. The van der Waals surface area contributed by atoms with Crippen molar-refractivity contribution in [2.75, 3.05) is 23.4 Å². The first-order valence-corrected chi connectivity index (χ1v) is 9.57. The maximum Gasteiger partial charge on any atom is 0.230 e. The van der Waals surface area contributed by atoms with Gasteiger partial charge in [0.15, 0.2) is 5.13 Å². The normalized spacial score (nSPS) is 16.5. The molecule has 1 aromatic heterocycles. The molecule has 25 heavy (non-hydrogen) atoms. The van der Waals surface area contributed by atoms with Crippen molar-refractivity contribution in [2.45, 2.75) is 32.6 Å². The van der Waals surface area contributed by atoms with E-state index in [9.17, 15) is 9.59 Å². The number of aryl methyl sites for hydroxylation is 1. The summed E-state index contributed by atoms with van der Waals surface area (Å²) in [5, 5.41) is 2.68. The number of nitrogens with zero attached hydrogens (tertiary/aromatic N) is 3. The molecule has 2 aliphatic rings. The summed E-state index contributed by atoms with van der Waals surface area (Å²) in [6.45, 7) is 2.36. The average molecular weight is 355 g/mol. The number of rotatable bonds is 3. The van der Waals surface area contributed by atoms with E-state index in [-0.39, 0.29) is 17.7 Å². The smallest absolute Gasteiger partial charge is 0.230 e. The lowest BCUT2D eigenvalue weighted by Gasteiger charge is -2.30. The second-order valence-corrected chi connectivity index (χ2v) is 7.64. The number of amides is 2. The number of benzene rings is 1. The molecule has 1 fully saturated rings. The van der Waals surface area contributed by atoms with Gasteiger partial charge in [-0.25, -0.2) is 4.98 Å². The molecule has 2 aromatic rings. The van der Waals surface area contributed by atoms with E-state index in [1.165, 1.54) is 23.8 Å². The molecule has 0 spiro atoms. The number of hydrogen-bond donors (Lipinski definition) is 0. The Morgan fingerprint density at radius 1 is 1.32 bits per heavy atom. The van der Waals surface area contributed by atoms with Gasteiger partial charge in [0.1, 0.15) is 0 Å². The van der Waals surface area contributed by atoms with E-state index < -0.39 is 0 Å². The summed E-state index contributed by atoms with van der Waals surface area (Å²) in [7, 11) is 1.74. The van der Waals surface area contributed by atoms with Gasteiger partial charge in [0, 0.05) is 43.1 Å².